The number of amides is 2. The molecule has 0 heterocycles. The summed E-state index contributed by atoms with van der Waals surface area (Å²) in [6, 6.07) is 6.52. The molecule has 2 amide bonds. The quantitative estimate of drug-likeness (QED) is 0.716. The monoisotopic (exact) mass is 277 g/mol. The maximum absolute atomic E-state index is 11.8. The van der Waals surface area contributed by atoms with E-state index in [4.69, 9.17) is 5.73 Å². The second-order valence-corrected chi connectivity index (χ2v) is 4.72. The number of unbranched alkanes of at least 4 members (excludes halogenated alkanes) is 1. The summed E-state index contributed by atoms with van der Waals surface area (Å²) in [4.78, 5) is 23.1. The second-order valence-electron chi connectivity index (χ2n) is 4.72. The second kappa shape index (κ2) is 8.32. The average Bonchev–Trinajstić information content (AvgIpc) is 2.46. The van der Waals surface area contributed by atoms with Gasteiger partial charge in [0.25, 0.3) is 0 Å². The summed E-state index contributed by atoms with van der Waals surface area (Å²) in [5, 5.41) is 5.51. The number of nitrogens with two attached hydrogens (primary N) is 1. The molecule has 0 bridgehead atoms. The standard InChI is InChI=1S/C15H23N3O2/c1-3-5-6-13(16)15(20)18-12-9-7-11(8-10-12)17-14(19)4-2/h7-10,13H,3-6,16H2,1-2H3,(H,17,19)(H,18,20). The molecule has 1 aromatic carbocycles. The van der Waals surface area contributed by atoms with E-state index in [0.717, 1.165) is 12.8 Å². The largest absolute Gasteiger partial charge is 0.326 e. The van der Waals surface area contributed by atoms with Crippen molar-refractivity contribution in [3.63, 3.8) is 0 Å². The van der Waals surface area contributed by atoms with Gasteiger partial charge in [-0.05, 0) is 30.7 Å². The molecule has 0 aliphatic rings. The molecule has 1 aromatic rings. The van der Waals surface area contributed by atoms with Crippen LogP contribution in [0.2, 0.25) is 0 Å². The van der Waals surface area contributed by atoms with E-state index >= 15 is 0 Å². The first-order chi connectivity index (χ1) is 9.56. The molecule has 5 heteroatoms. The molecule has 20 heavy (non-hydrogen) atoms. The van der Waals surface area contributed by atoms with E-state index in [9.17, 15) is 9.59 Å². The van der Waals surface area contributed by atoms with Crippen LogP contribution in [0.25, 0.3) is 0 Å². The molecule has 1 atom stereocenters. The smallest absolute Gasteiger partial charge is 0.241 e. The third-order valence-electron chi connectivity index (χ3n) is 2.96. The summed E-state index contributed by atoms with van der Waals surface area (Å²) >= 11 is 0. The van der Waals surface area contributed by atoms with Gasteiger partial charge in [-0.25, -0.2) is 0 Å². The van der Waals surface area contributed by atoms with Crippen LogP contribution in [0.15, 0.2) is 24.3 Å². The highest BCUT2D eigenvalue weighted by Crippen LogP contribution is 2.14. The Morgan fingerprint density at radius 2 is 1.65 bits per heavy atom. The number of anilines is 2. The highest BCUT2D eigenvalue weighted by Gasteiger charge is 2.12. The van der Waals surface area contributed by atoms with Crippen LogP contribution < -0.4 is 16.4 Å². The number of nitrogens with one attached hydrogen (secondary N) is 2. The molecular weight excluding hydrogens is 254 g/mol. The van der Waals surface area contributed by atoms with Crippen molar-refractivity contribution in [2.24, 2.45) is 5.73 Å². The topological polar surface area (TPSA) is 84.2 Å². The van der Waals surface area contributed by atoms with Crippen LogP contribution in [0.3, 0.4) is 0 Å². The molecule has 1 unspecified atom stereocenters. The van der Waals surface area contributed by atoms with E-state index in [2.05, 4.69) is 17.6 Å². The van der Waals surface area contributed by atoms with Gasteiger partial charge in [0.1, 0.15) is 0 Å². The number of rotatable bonds is 7. The molecule has 1 rings (SSSR count). The Labute approximate surface area is 119 Å². The highest BCUT2D eigenvalue weighted by atomic mass is 16.2. The van der Waals surface area contributed by atoms with Crippen LogP contribution in [-0.2, 0) is 9.59 Å². The minimum Gasteiger partial charge on any atom is -0.326 e. The summed E-state index contributed by atoms with van der Waals surface area (Å²) in [5.41, 5.74) is 7.19. The third-order valence-corrected chi connectivity index (χ3v) is 2.96. The summed E-state index contributed by atoms with van der Waals surface area (Å²) in [7, 11) is 0. The van der Waals surface area contributed by atoms with Gasteiger partial charge in [-0.2, -0.15) is 0 Å². The summed E-state index contributed by atoms with van der Waals surface area (Å²) < 4.78 is 0. The van der Waals surface area contributed by atoms with Crippen LogP contribution in [-0.4, -0.2) is 17.9 Å². The number of carbonyl (C=O) groups is 2. The zero-order valence-corrected chi connectivity index (χ0v) is 12.1. The Bertz CT molecular complexity index is 443. The number of benzene rings is 1. The summed E-state index contributed by atoms with van der Waals surface area (Å²) in [6.07, 6.45) is 3.08. The zero-order chi connectivity index (χ0) is 15.0. The van der Waals surface area contributed by atoms with Gasteiger partial charge < -0.3 is 16.4 Å². The average molecular weight is 277 g/mol. The third kappa shape index (κ3) is 5.40. The van der Waals surface area contributed by atoms with E-state index in [1.807, 2.05) is 0 Å². The first-order valence-corrected chi connectivity index (χ1v) is 7.03. The summed E-state index contributed by atoms with van der Waals surface area (Å²) in [6.45, 7) is 3.86. The van der Waals surface area contributed by atoms with Crippen molar-refractivity contribution in [3.8, 4) is 0 Å². The van der Waals surface area contributed by atoms with E-state index in [0.29, 0.717) is 24.2 Å². The molecular formula is C15H23N3O2. The van der Waals surface area contributed by atoms with Gasteiger partial charge >= 0.3 is 0 Å². The van der Waals surface area contributed by atoms with Crippen LogP contribution in [0.5, 0.6) is 0 Å². The number of carbonyl (C=O) groups excluding carboxylic acids is 2. The molecule has 0 radical (unpaired) electrons. The number of hydrogen-bond acceptors (Lipinski definition) is 3. The van der Waals surface area contributed by atoms with Crippen LogP contribution in [0.4, 0.5) is 11.4 Å². The lowest BCUT2D eigenvalue weighted by atomic mass is 10.1. The minimum atomic E-state index is -0.477. The van der Waals surface area contributed by atoms with Crippen molar-refractivity contribution in [2.45, 2.75) is 45.6 Å². The fourth-order valence-corrected chi connectivity index (χ4v) is 1.68. The summed E-state index contributed by atoms with van der Waals surface area (Å²) in [5.74, 6) is -0.216. The lowest BCUT2D eigenvalue weighted by molar-refractivity contribution is -0.117. The molecule has 0 saturated heterocycles. The Morgan fingerprint density at radius 3 is 2.15 bits per heavy atom. The molecule has 0 aliphatic carbocycles. The number of hydrogen-bond donors (Lipinski definition) is 3. The van der Waals surface area contributed by atoms with E-state index in [1.54, 1.807) is 31.2 Å². The van der Waals surface area contributed by atoms with Crippen molar-refractivity contribution in [1.29, 1.82) is 0 Å². The highest BCUT2D eigenvalue weighted by molar-refractivity contribution is 5.95. The minimum absolute atomic E-state index is 0.0385. The molecule has 0 aliphatic heterocycles. The van der Waals surface area contributed by atoms with Gasteiger partial charge in [0.2, 0.25) is 11.8 Å². The first-order valence-electron chi connectivity index (χ1n) is 7.03. The molecule has 0 aromatic heterocycles. The fourth-order valence-electron chi connectivity index (χ4n) is 1.68. The fraction of sp³-hybridized carbons (Fsp3) is 0.467. The van der Waals surface area contributed by atoms with E-state index < -0.39 is 6.04 Å². The lowest BCUT2D eigenvalue weighted by Crippen LogP contribution is -2.35. The Morgan fingerprint density at radius 1 is 1.10 bits per heavy atom. The molecule has 0 fully saturated rings. The van der Waals surface area contributed by atoms with Gasteiger partial charge in [0, 0.05) is 17.8 Å². The maximum atomic E-state index is 11.8. The van der Waals surface area contributed by atoms with Crippen molar-refractivity contribution in [2.75, 3.05) is 10.6 Å². The first kappa shape index (κ1) is 16.2. The van der Waals surface area contributed by atoms with Crippen molar-refractivity contribution < 1.29 is 9.59 Å². The van der Waals surface area contributed by atoms with Crippen LogP contribution in [0, 0.1) is 0 Å². The van der Waals surface area contributed by atoms with Gasteiger partial charge in [-0.1, -0.05) is 26.7 Å². The molecule has 0 saturated carbocycles. The molecule has 110 valence electrons. The van der Waals surface area contributed by atoms with Gasteiger partial charge in [-0.3, -0.25) is 9.59 Å². The van der Waals surface area contributed by atoms with Gasteiger partial charge in [0.15, 0.2) is 0 Å². The van der Waals surface area contributed by atoms with Gasteiger partial charge in [-0.15, -0.1) is 0 Å². The zero-order valence-electron chi connectivity index (χ0n) is 12.1. The predicted molar refractivity (Wildman–Crippen MR) is 81.5 cm³/mol. The normalized spacial score (nSPS) is 11.8. The molecule has 5 nitrogen and oxygen atoms in total. The van der Waals surface area contributed by atoms with Crippen LogP contribution in [0.1, 0.15) is 39.5 Å². The van der Waals surface area contributed by atoms with E-state index in [1.165, 1.54) is 0 Å². The lowest BCUT2D eigenvalue weighted by Gasteiger charge is -2.12. The Balaban J connectivity index is 2.52. The SMILES string of the molecule is CCCCC(N)C(=O)Nc1ccc(NC(=O)CC)cc1. The van der Waals surface area contributed by atoms with E-state index in [-0.39, 0.29) is 11.8 Å². The van der Waals surface area contributed by atoms with Crippen molar-refractivity contribution in [1.82, 2.24) is 0 Å². The van der Waals surface area contributed by atoms with Crippen molar-refractivity contribution >= 4 is 23.2 Å². The molecule has 4 N–H and O–H groups in total. The van der Waals surface area contributed by atoms with Crippen LogP contribution >= 0.6 is 0 Å². The van der Waals surface area contributed by atoms with Gasteiger partial charge in [0.05, 0.1) is 6.04 Å². The maximum Gasteiger partial charge on any atom is 0.241 e. The predicted octanol–water partition coefficient (Wildman–Crippen LogP) is 2.49. The Hall–Kier alpha value is -1.88. The van der Waals surface area contributed by atoms with Crippen molar-refractivity contribution in [3.05, 3.63) is 24.3 Å². The Kier molecular flexibility index (Phi) is 6.73. The molecule has 0 spiro atoms.